The van der Waals surface area contributed by atoms with Gasteiger partial charge < -0.3 is 5.11 Å². The Hall–Kier alpha value is -0.890. The molecule has 1 atom stereocenters. The van der Waals surface area contributed by atoms with Gasteiger partial charge in [-0.25, -0.2) is 0 Å². The van der Waals surface area contributed by atoms with Gasteiger partial charge in [-0.2, -0.15) is 0 Å². The van der Waals surface area contributed by atoms with Crippen LogP contribution >= 0.6 is 0 Å². The number of hydrogen-bond acceptors (Lipinski definition) is 2. The Labute approximate surface area is 85.0 Å². The van der Waals surface area contributed by atoms with Crippen LogP contribution in [0, 0.1) is 5.92 Å². The highest BCUT2D eigenvalue weighted by molar-refractivity contribution is 5.04. The summed E-state index contributed by atoms with van der Waals surface area (Å²) in [6.45, 7) is 0. The topological polar surface area (TPSA) is 33.1 Å². The second-order valence-corrected chi connectivity index (χ2v) is 4.20. The molecule has 1 aliphatic carbocycles. The van der Waals surface area contributed by atoms with Gasteiger partial charge in [-0.15, -0.1) is 0 Å². The van der Waals surface area contributed by atoms with E-state index in [0.29, 0.717) is 6.42 Å². The molecular weight excluding hydrogens is 174 g/mol. The van der Waals surface area contributed by atoms with Crippen LogP contribution in [0.2, 0.25) is 0 Å². The molecule has 0 bridgehead atoms. The van der Waals surface area contributed by atoms with Crippen LogP contribution in [0.15, 0.2) is 24.4 Å². The van der Waals surface area contributed by atoms with Crippen molar-refractivity contribution in [2.75, 3.05) is 0 Å². The van der Waals surface area contributed by atoms with Gasteiger partial charge in [0.2, 0.25) is 0 Å². The summed E-state index contributed by atoms with van der Waals surface area (Å²) < 4.78 is 0. The first-order valence-electron chi connectivity index (χ1n) is 5.42. The van der Waals surface area contributed by atoms with Crippen molar-refractivity contribution in [1.29, 1.82) is 0 Å². The van der Waals surface area contributed by atoms with Crippen molar-refractivity contribution < 1.29 is 5.11 Å². The first kappa shape index (κ1) is 9.66. The van der Waals surface area contributed by atoms with Gasteiger partial charge in [0.15, 0.2) is 0 Å². The summed E-state index contributed by atoms with van der Waals surface area (Å²) in [7, 11) is 0. The molecule has 0 aliphatic heterocycles. The predicted octanol–water partition coefficient (Wildman–Crippen LogP) is 2.18. The number of aliphatic hydroxyl groups is 1. The van der Waals surface area contributed by atoms with Crippen LogP contribution in [-0.4, -0.2) is 16.2 Å². The molecule has 1 aliphatic rings. The van der Waals surface area contributed by atoms with Gasteiger partial charge in [-0.3, -0.25) is 4.98 Å². The van der Waals surface area contributed by atoms with Crippen LogP contribution in [0.1, 0.15) is 31.4 Å². The van der Waals surface area contributed by atoms with Crippen LogP contribution in [0.5, 0.6) is 0 Å². The first-order valence-corrected chi connectivity index (χ1v) is 5.42. The van der Waals surface area contributed by atoms with Crippen LogP contribution in [0.25, 0.3) is 0 Å². The van der Waals surface area contributed by atoms with Crippen molar-refractivity contribution in [3.8, 4) is 0 Å². The molecule has 0 radical (unpaired) electrons. The molecular formula is C12H17NO. The maximum Gasteiger partial charge on any atom is 0.0595 e. The zero-order chi connectivity index (χ0) is 9.80. The molecule has 1 fully saturated rings. The Morgan fingerprint density at radius 3 is 2.93 bits per heavy atom. The second kappa shape index (κ2) is 4.56. The second-order valence-electron chi connectivity index (χ2n) is 4.20. The van der Waals surface area contributed by atoms with Crippen molar-refractivity contribution in [3.63, 3.8) is 0 Å². The lowest BCUT2D eigenvalue weighted by atomic mass is 10.1. The van der Waals surface area contributed by atoms with E-state index in [2.05, 4.69) is 4.98 Å². The number of rotatable bonds is 5. The Kier molecular flexibility index (Phi) is 3.14. The third kappa shape index (κ3) is 3.11. The largest absolute Gasteiger partial charge is 0.393 e. The summed E-state index contributed by atoms with van der Waals surface area (Å²) in [6, 6.07) is 5.84. The molecule has 2 nitrogen and oxygen atoms in total. The van der Waals surface area contributed by atoms with E-state index in [9.17, 15) is 5.11 Å². The Bertz CT molecular complexity index is 269. The zero-order valence-electron chi connectivity index (χ0n) is 8.39. The highest BCUT2D eigenvalue weighted by Crippen LogP contribution is 2.34. The molecule has 14 heavy (non-hydrogen) atoms. The molecule has 0 spiro atoms. The van der Waals surface area contributed by atoms with E-state index in [1.54, 1.807) is 6.20 Å². The van der Waals surface area contributed by atoms with E-state index in [0.717, 1.165) is 18.0 Å². The molecule has 1 unspecified atom stereocenters. The maximum atomic E-state index is 9.74. The van der Waals surface area contributed by atoms with Crippen molar-refractivity contribution in [2.45, 2.75) is 38.2 Å². The quantitative estimate of drug-likeness (QED) is 0.773. The minimum atomic E-state index is -0.203. The van der Waals surface area contributed by atoms with E-state index in [4.69, 9.17) is 0 Å². The number of pyridine rings is 1. The van der Waals surface area contributed by atoms with Crippen molar-refractivity contribution in [2.24, 2.45) is 5.92 Å². The van der Waals surface area contributed by atoms with Crippen molar-refractivity contribution in [3.05, 3.63) is 30.1 Å². The fourth-order valence-corrected chi connectivity index (χ4v) is 1.70. The van der Waals surface area contributed by atoms with Gasteiger partial charge in [-0.1, -0.05) is 18.9 Å². The van der Waals surface area contributed by atoms with Crippen LogP contribution in [-0.2, 0) is 6.42 Å². The number of aromatic nitrogens is 1. The molecule has 0 aromatic carbocycles. The highest BCUT2D eigenvalue weighted by atomic mass is 16.3. The fraction of sp³-hybridized carbons (Fsp3) is 0.583. The molecule has 76 valence electrons. The molecule has 1 N–H and O–H groups in total. The summed E-state index contributed by atoms with van der Waals surface area (Å²) in [5.41, 5.74) is 0.996. The average Bonchev–Trinajstić information content (AvgIpc) is 3.00. The van der Waals surface area contributed by atoms with Gasteiger partial charge in [0.25, 0.3) is 0 Å². The summed E-state index contributed by atoms with van der Waals surface area (Å²) in [6.07, 6.45) is 7.14. The van der Waals surface area contributed by atoms with E-state index < -0.39 is 0 Å². The number of aliphatic hydroxyl groups excluding tert-OH is 1. The lowest BCUT2D eigenvalue weighted by Gasteiger charge is -2.08. The SMILES string of the molecule is OC(CCC1CC1)Cc1ccccn1. The Morgan fingerprint density at radius 1 is 1.43 bits per heavy atom. The van der Waals surface area contributed by atoms with Crippen LogP contribution in [0.3, 0.4) is 0 Å². The molecule has 0 saturated heterocycles. The molecule has 2 rings (SSSR count). The predicted molar refractivity (Wildman–Crippen MR) is 55.9 cm³/mol. The third-order valence-corrected chi connectivity index (χ3v) is 2.78. The molecule has 1 heterocycles. The van der Waals surface area contributed by atoms with Crippen molar-refractivity contribution in [1.82, 2.24) is 4.98 Å². The van der Waals surface area contributed by atoms with Gasteiger partial charge in [0.05, 0.1) is 6.10 Å². The summed E-state index contributed by atoms with van der Waals surface area (Å²) >= 11 is 0. The summed E-state index contributed by atoms with van der Waals surface area (Å²) in [5.74, 6) is 0.911. The van der Waals surface area contributed by atoms with E-state index in [1.165, 1.54) is 19.3 Å². The lowest BCUT2D eigenvalue weighted by Crippen LogP contribution is -2.11. The van der Waals surface area contributed by atoms with Gasteiger partial charge in [0.1, 0.15) is 0 Å². The van der Waals surface area contributed by atoms with E-state index >= 15 is 0 Å². The van der Waals surface area contributed by atoms with E-state index in [-0.39, 0.29) is 6.10 Å². The van der Waals surface area contributed by atoms with Gasteiger partial charge in [-0.05, 0) is 30.9 Å². The van der Waals surface area contributed by atoms with Crippen LogP contribution < -0.4 is 0 Å². The minimum Gasteiger partial charge on any atom is -0.393 e. The van der Waals surface area contributed by atoms with Gasteiger partial charge in [0, 0.05) is 18.3 Å². The third-order valence-electron chi connectivity index (χ3n) is 2.78. The maximum absolute atomic E-state index is 9.74. The average molecular weight is 191 g/mol. The summed E-state index contributed by atoms with van der Waals surface area (Å²) in [5, 5.41) is 9.74. The number of hydrogen-bond donors (Lipinski definition) is 1. The molecule has 1 aromatic heterocycles. The van der Waals surface area contributed by atoms with E-state index in [1.807, 2.05) is 18.2 Å². The zero-order valence-corrected chi connectivity index (χ0v) is 8.39. The summed E-state index contributed by atoms with van der Waals surface area (Å²) in [4.78, 5) is 4.20. The Balaban J connectivity index is 1.73. The fourth-order valence-electron chi connectivity index (χ4n) is 1.70. The van der Waals surface area contributed by atoms with Crippen molar-refractivity contribution >= 4 is 0 Å². The molecule has 1 aromatic rings. The highest BCUT2D eigenvalue weighted by Gasteiger charge is 2.21. The molecule has 2 heteroatoms. The number of nitrogens with zero attached hydrogens (tertiary/aromatic N) is 1. The first-order chi connectivity index (χ1) is 6.84. The smallest absolute Gasteiger partial charge is 0.0595 e. The molecule has 0 amide bonds. The van der Waals surface area contributed by atoms with Crippen LogP contribution in [0.4, 0.5) is 0 Å². The van der Waals surface area contributed by atoms with Gasteiger partial charge >= 0.3 is 0 Å². The monoisotopic (exact) mass is 191 g/mol. The molecule has 1 saturated carbocycles. The lowest BCUT2D eigenvalue weighted by molar-refractivity contribution is 0.159. The Morgan fingerprint density at radius 2 is 2.29 bits per heavy atom. The standard InChI is InChI=1S/C12H17NO/c14-12(7-6-10-4-5-10)9-11-3-1-2-8-13-11/h1-3,8,10,12,14H,4-7,9H2. The minimum absolute atomic E-state index is 0.203. The normalized spacial score (nSPS) is 18.1.